The van der Waals surface area contributed by atoms with Crippen molar-refractivity contribution in [2.45, 2.75) is 19.0 Å². The molecule has 2 rings (SSSR count). The van der Waals surface area contributed by atoms with Crippen molar-refractivity contribution in [2.75, 3.05) is 0 Å². The van der Waals surface area contributed by atoms with Crippen LogP contribution in [0.25, 0.3) is 0 Å². The number of hydrogen-bond acceptors (Lipinski definition) is 2. The third-order valence-corrected chi connectivity index (χ3v) is 2.34. The maximum Gasteiger partial charge on any atom is 0.0949 e. The highest BCUT2D eigenvalue weighted by Crippen LogP contribution is 2.03. The van der Waals surface area contributed by atoms with Gasteiger partial charge in [-0.25, -0.2) is 4.98 Å². The van der Waals surface area contributed by atoms with Gasteiger partial charge in [-0.1, -0.05) is 0 Å². The second-order valence-electron chi connectivity index (χ2n) is 2.98. The van der Waals surface area contributed by atoms with Gasteiger partial charge in [0.1, 0.15) is 0 Å². The van der Waals surface area contributed by atoms with Gasteiger partial charge >= 0.3 is 0 Å². The van der Waals surface area contributed by atoms with E-state index < -0.39 is 0 Å². The molecule has 0 aliphatic heterocycles. The number of imidazole rings is 1. The molecule has 2 heterocycles. The van der Waals surface area contributed by atoms with Crippen molar-refractivity contribution in [1.29, 1.82) is 0 Å². The Hall–Kier alpha value is -1.29. The third-order valence-electron chi connectivity index (χ3n) is 2.06. The van der Waals surface area contributed by atoms with Gasteiger partial charge in [-0.15, -0.1) is 11.6 Å². The lowest BCUT2D eigenvalue weighted by Gasteiger charge is -2.05. The van der Waals surface area contributed by atoms with Gasteiger partial charge < -0.3 is 4.57 Å². The highest BCUT2D eigenvalue weighted by atomic mass is 35.5. The molecule has 0 fully saturated rings. The zero-order valence-corrected chi connectivity index (χ0v) is 8.43. The molecule has 0 aliphatic carbocycles. The number of aromatic nitrogens is 4. The smallest absolute Gasteiger partial charge is 0.0949 e. The van der Waals surface area contributed by atoms with E-state index in [9.17, 15) is 0 Å². The number of nitrogens with zero attached hydrogens (tertiary/aromatic N) is 4. The van der Waals surface area contributed by atoms with Crippen molar-refractivity contribution in [1.82, 2.24) is 19.3 Å². The molecule has 14 heavy (non-hydrogen) atoms. The van der Waals surface area contributed by atoms with Gasteiger partial charge in [-0.05, 0) is 6.07 Å². The average molecular weight is 211 g/mol. The molecule has 0 aliphatic rings. The lowest BCUT2D eigenvalue weighted by molar-refractivity contribution is 0.526. The number of aryl methyl sites for hydroxylation is 2. The molecular formula is C9H11ClN4. The van der Waals surface area contributed by atoms with E-state index in [1.54, 1.807) is 18.7 Å². The number of hydrogen-bond donors (Lipinski definition) is 0. The van der Waals surface area contributed by atoms with Crippen molar-refractivity contribution in [2.24, 2.45) is 0 Å². The Kier molecular flexibility index (Phi) is 2.84. The van der Waals surface area contributed by atoms with Crippen molar-refractivity contribution in [3.05, 3.63) is 36.7 Å². The standard InChI is InChI=1S/C9H11ClN4/c10-6-9-7-11-8-13(9)4-5-14-3-1-2-12-14/h1-3,7-8H,4-6H2. The molecule has 0 bridgehead atoms. The summed E-state index contributed by atoms with van der Waals surface area (Å²) < 4.78 is 3.92. The molecule has 2 aromatic rings. The minimum Gasteiger partial charge on any atom is -0.332 e. The molecule has 5 heteroatoms. The van der Waals surface area contributed by atoms with E-state index in [4.69, 9.17) is 11.6 Å². The van der Waals surface area contributed by atoms with Crippen LogP contribution in [0.4, 0.5) is 0 Å². The molecule has 0 saturated heterocycles. The van der Waals surface area contributed by atoms with E-state index >= 15 is 0 Å². The molecule has 74 valence electrons. The van der Waals surface area contributed by atoms with Crippen LogP contribution >= 0.6 is 11.6 Å². The third kappa shape index (κ3) is 1.96. The van der Waals surface area contributed by atoms with Crippen LogP contribution in [-0.4, -0.2) is 19.3 Å². The van der Waals surface area contributed by atoms with Crippen LogP contribution in [0, 0.1) is 0 Å². The van der Waals surface area contributed by atoms with Crippen molar-refractivity contribution in [3.8, 4) is 0 Å². The van der Waals surface area contributed by atoms with E-state index in [2.05, 4.69) is 10.1 Å². The molecule has 0 saturated carbocycles. The summed E-state index contributed by atoms with van der Waals surface area (Å²) in [7, 11) is 0. The fraction of sp³-hybridized carbons (Fsp3) is 0.333. The Balaban J connectivity index is 1.98. The monoisotopic (exact) mass is 210 g/mol. The van der Waals surface area contributed by atoms with Crippen LogP contribution < -0.4 is 0 Å². The van der Waals surface area contributed by atoms with E-state index in [1.807, 2.05) is 21.5 Å². The quantitative estimate of drug-likeness (QED) is 0.718. The maximum atomic E-state index is 5.75. The van der Waals surface area contributed by atoms with E-state index in [0.29, 0.717) is 5.88 Å². The average Bonchev–Trinajstić information content (AvgIpc) is 2.85. The molecule has 2 aromatic heterocycles. The fourth-order valence-corrected chi connectivity index (χ4v) is 1.53. The Morgan fingerprint density at radius 3 is 3.00 bits per heavy atom. The Bertz CT molecular complexity index is 379. The van der Waals surface area contributed by atoms with Gasteiger partial charge in [0.2, 0.25) is 0 Å². The van der Waals surface area contributed by atoms with Crippen LogP contribution in [0.15, 0.2) is 31.0 Å². The molecule has 0 spiro atoms. The normalized spacial score (nSPS) is 10.6. The number of halogens is 1. The van der Waals surface area contributed by atoms with Gasteiger partial charge in [0, 0.05) is 25.1 Å². The second kappa shape index (κ2) is 4.28. The Morgan fingerprint density at radius 1 is 1.36 bits per heavy atom. The second-order valence-corrected chi connectivity index (χ2v) is 3.25. The molecule has 4 nitrogen and oxygen atoms in total. The first kappa shape index (κ1) is 9.27. The van der Waals surface area contributed by atoms with Gasteiger partial charge in [0.15, 0.2) is 0 Å². The predicted octanol–water partition coefficient (Wildman–Crippen LogP) is 1.52. The summed E-state index contributed by atoms with van der Waals surface area (Å²) in [6.45, 7) is 1.69. The first-order valence-electron chi connectivity index (χ1n) is 4.42. The molecule has 0 aromatic carbocycles. The topological polar surface area (TPSA) is 35.6 Å². The van der Waals surface area contributed by atoms with Crippen LogP contribution in [0.5, 0.6) is 0 Å². The molecule has 0 N–H and O–H groups in total. The van der Waals surface area contributed by atoms with Crippen LogP contribution in [0.3, 0.4) is 0 Å². The van der Waals surface area contributed by atoms with Gasteiger partial charge in [-0.3, -0.25) is 4.68 Å². The summed E-state index contributed by atoms with van der Waals surface area (Å²) in [6, 6.07) is 1.91. The lowest BCUT2D eigenvalue weighted by Crippen LogP contribution is -2.08. The summed E-state index contributed by atoms with van der Waals surface area (Å²) in [6.07, 6.45) is 7.30. The minimum absolute atomic E-state index is 0.499. The summed E-state index contributed by atoms with van der Waals surface area (Å²) >= 11 is 5.75. The zero-order chi connectivity index (χ0) is 9.80. The predicted molar refractivity (Wildman–Crippen MR) is 54.0 cm³/mol. The lowest BCUT2D eigenvalue weighted by atomic mass is 10.5. The summed E-state index contributed by atoms with van der Waals surface area (Å²) in [4.78, 5) is 4.04. The Morgan fingerprint density at radius 2 is 2.29 bits per heavy atom. The molecule has 0 radical (unpaired) electrons. The molecule has 0 atom stereocenters. The number of alkyl halides is 1. The molecule has 0 amide bonds. The van der Waals surface area contributed by atoms with Crippen LogP contribution in [0.1, 0.15) is 5.69 Å². The molecular weight excluding hydrogens is 200 g/mol. The van der Waals surface area contributed by atoms with Crippen LogP contribution in [0.2, 0.25) is 0 Å². The van der Waals surface area contributed by atoms with Gasteiger partial charge in [0.25, 0.3) is 0 Å². The summed E-state index contributed by atoms with van der Waals surface area (Å²) in [5.41, 5.74) is 1.04. The molecule has 0 unspecified atom stereocenters. The first-order valence-corrected chi connectivity index (χ1v) is 4.96. The van der Waals surface area contributed by atoms with Crippen LogP contribution in [-0.2, 0) is 19.0 Å². The zero-order valence-electron chi connectivity index (χ0n) is 7.67. The SMILES string of the molecule is ClCc1cncn1CCn1cccn1. The largest absolute Gasteiger partial charge is 0.332 e. The Labute approximate surface area is 87.1 Å². The number of rotatable bonds is 4. The van der Waals surface area contributed by atoms with Crippen molar-refractivity contribution < 1.29 is 0 Å². The van der Waals surface area contributed by atoms with Crippen molar-refractivity contribution in [3.63, 3.8) is 0 Å². The van der Waals surface area contributed by atoms with E-state index in [1.165, 1.54) is 0 Å². The van der Waals surface area contributed by atoms with E-state index in [-0.39, 0.29) is 0 Å². The summed E-state index contributed by atoms with van der Waals surface area (Å²) in [5.74, 6) is 0.499. The van der Waals surface area contributed by atoms with Gasteiger partial charge in [-0.2, -0.15) is 5.10 Å². The minimum atomic E-state index is 0.499. The highest BCUT2D eigenvalue weighted by molar-refractivity contribution is 6.16. The highest BCUT2D eigenvalue weighted by Gasteiger charge is 1.99. The van der Waals surface area contributed by atoms with E-state index in [0.717, 1.165) is 18.8 Å². The maximum absolute atomic E-state index is 5.75. The summed E-state index contributed by atoms with van der Waals surface area (Å²) in [5, 5.41) is 4.12. The van der Waals surface area contributed by atoms with Crippen molar-refractivity contribution >= 4 is 11.6 Å². The first-order chi connectivity index (χ1) is 6.90. The fourth-order valence-electron chi connectivity index (χ4n) is 1.30. The van der Waals surface area contributed by atoms with Gasteiger partial charge in [0.05, 0.1) is 24.4 Å².